The van der Waals surface area contributed by atoms with E-state index in [0.29, 0.717) is 0 Å². The SMILES string of the molecule is C=C1CCCC(N(C)S(C)(=O)=O)C1. The minimum atomic E-state index is -3.03. The Morgan fingerprint density at radius 2 is 2.15 bits per heavy atom. The fraction of sp³-hybridized carbons (Fsp3) is 0.778. The summed E-state index contributed by atoms with van der Waals surface area (Å²) in [6.45, 7) is 3.91. The summed E-state index contributed by atoms with van der Waals surface area (Å²) in [6.07, 6.45) is 5.15. The van der Waals surface area contributed by atoms with Crippen molar-refractivity contribution in [3.63, 3.8) is 0 Å². The molecule has 0 bridgehead atoms. The maximum atomic E-state index is 11.2. The molecule has 0 radical (unpaired) electrons. The summed E-state index contributed by atoms with van der Waals surface area (Å²) < 4.78 is 23.9. The third kappa shape index (κ3) is 2.81. The second-order valence-electron chi connectivity index (χ2n) is 3.78. The first-order valence-corrected chi connectivity index (χ1v) is 6.36. The van der Waals surface area contributed by atoms with Gasteiger partial charge in [-0.15, -0.1) is 0 Å². The molecule has 13 heavy (non-hydrogen) atoms. The van der Waals surface area contributed by atoms with Crippen molar-refractivity contribution >= 4 is 10.0 Å². The summed E-state index contributed by atoms with van der Waals surface area (Å²) in [5.41, 5.74) is 1.17. The third-order valence-corrected chi connectivity index (χ3v) is 3.97. The van der Waals surface area contributed by atoms with Crippen LogP contribution in [0.15, 0.2) is 12.2 Å². The number of rotatable bonds is 2. The van der Waals surface area contributed by atoms with E-state index >= 15 is 0 Å². The maximum absolute atomic E-state index is 11.2. The summed E-state index contributed by atoms with van der Waals surface area (Å²) in [4.78, 5) is 0. The molecule has 1 fully saturated rings. The Bertz CT molecular complexity index is 295. The van der Waals surface area contributed by atoms with Crippen LogP contribution in [0.4, 0.5) is 0 Å². The van der Waals surface area contributed by atoms with Crippen LogP contribution in [0, 0.1) is 0 Å². The Balaban J connectivity index is 2.67. The highest BCUT2D eigenvalue weighted by Gasteiger charge is 2.25. The van der Waals surface area contributed by atoms with Crippen molar-refractivity contribution in [2.24, 2.45) is 0 Å². The highest BCUT2D eigenvalue weighted by atomic mass is 32.2. The first-order valence-electron chi connectivity index (χ1n) is 4.51. The molecule has 1 aliphatic carbocycles. The second kappa shape index (κ2) is 3.80. The lowest BCUT2D eigenvalue weighted by molar-refractivity contribution is 0.321. The van der Waals surface area contributed by atoms with Gasteiger partial charge in [-0.05, 0) is 25.7 Å². The summed E-state index contributed by atoms with van der Waals surface area (Å²) in [7, 11) is -1.38. The highest BCUT2D eigenvalue weighted by Crippen LogP contribution is 2.26. The van der Waals surface area contributed by atoms with E-state index in [4.69, 9.17) is 0 Å². The van der Waals surface area contributed by atoms with Crippen LogP contribution in [0.3, 0.4) is 0 Å². The van der Waals surface area contributed by atoms with E-state index in [-0.39, 0.29) is 6.04 Å². The van der Waals surface area contributed by atoms with Gasteiger partial charge in [0.25, 0.3) is 0 Å². The van der Waals surface area contributed by atoms with Crippen LogP contribution in [0.1, 0.15) is 25.7 Å². The normalized spacial score (nSPS) is 25.2. The molecule has 0 N–H and O–H groups in total. The minimum absolute atomic E-state index is 0.135. The molecule has 0 aliphatic heterocycles. The van der Waals surface area contributed by atoms with Crippen molar-refractivity contribution < 1.29 is 8.42 Å². The molecule has 0 amide bonds. The third-order valence-electron chi connectivity index (χ3n) is 2.63. The Kier molecular flexibility index (Phi) is 3.14. The zero-order valence-electron chi connectivity index (χ0n) is 8.28. The van der Waals surface area contributed by atoms with Gasteiger partial charge < -0.3 is 0 Å². The maximum Gasteiger partial charge on any atom is 0.211 e. The molecule has 4 heteroatoms. The molecular weight excluding hydrogens is 186 g/mol. The highest BCUT2D eigenvalue weighted by molar-refractivity contribution is 7.88. The predicted octanol–water partition coefficient (Wildman–Crippen LogP) is 1.38. The average molecular weight is 203 g/mol. The molecule has 0 heterocycles. The Hall–Kier alpha value is -0.350. The van der Waals surface area contributed by atoms with Crippen LogP contribution in [0.2, 0.25) is 0 Å². The minimum Gasteiger partial charge on any atom is -0.213 e. The Morgan fingerprint density at radius 3 is 2.62 bits per heavy atom. The molecule has 0 spiro atoms. The number of hydrogen-bond acceptors (Lipinski definition) is 2. The summed E-state index contributed by atoms with van der Waals surface area (Å²) in [5.74, 6) is 0. The molecule has 3 nitrogen and oxygen atoms in total. The summed E-state index contributed by atoms with van der Waals surface area (Å²) >= 11 is 0. The Labute approximate surface area is 80.5 Å². The second-order valence-corrected chi connectivity index (χ2v) is 5.82. The van der Waals surface area contributed by atoms with Gasteiger partial charge in [-0.25, -0.2) is 12.7 Å². The van der Waals surface area contributed by atoms with Crippen LogP contribution in [0.25, 0.3) is 0 Å². The largest absolute Gasteiger partial charge is 0.213 e. The van der Waals surface area contributed by atoms with Crippen molar-refractivity contribution in [3.8, 4) is 0 Å². The van der Waals surface area contributed by atoms with Crippen molar-refractivity contribution in [2.75, 3.05) is 13.3 Å². The van der Waals surface area contributed by atoms with Gasteiger partial charge in [0.05, 0.1) is 6.26 Å². The Morgan fingerprint density at radius 1 is 1.54 bits per heavy atom. The van der Waals surface area contributed by atoms with Gasteiger partial charge in [-0.2, -0.15) is 0 Å². The van der Waals surface area contributed by atoms with E-state index in [9.17, 15) is 8.42 Å². The summed E-state index contributed by atoms with van der Waals surface area (Å²) in [5, 5.41) is 0. The summed E-state index contributed by atoms with van der Waals surface area (Å²) in [6, 6.07) is 0.135. The van der Waals surface area contributed by atoms with Gasteiger partial charge in [0.15, 0.2) is 0 Å². The number of nitrogens with zero attached hydrogens (tertiary/aromatic N) is 1. The van der Waals surface area contributed by atoms with Crippen LogP contribution in [0.5, 0.6) is 0 Å². The monoisotopic (exact) mass is 203 g/mol. The van der Waals surface area contributed by atoms with Crippen molar-refractivity contribution in [3.05, 3.63) is 12.2 Å². The average Bonchev–Trinajstić information content (AvgIpc) is 2.01. The van der Waals surface area contributed by atoms with E-state index in [2.05, 4.69) is 6.58 Å². The van der Waals surface area contributed by atoms with Gasteiger partial charge in [0, 0.05) is 13.1 Å². The molecule has 0 saturated heterocycles. The van der Waals surface area contributed by atoms with Crippen molar-refractivity contribution in [1.29, 1.82) is 0 Å². The van der Waals surface area contributed by atoms with Crippen molar-refractivity contribution in [1.82, 2.24) is 4.31 Å². The predicted molar refractivity (Wildman–Crippen MR) is 54.0 cm³/mol. The smallest absolute Gasteiger partial charge is 0.211 e. The lowest BCUT2D eigenvalue weighted by Crippen LogP contribution is -2.37. The molecular formula is C9H17NO2S. The molecule has 1 unspecified atom stereocenters. The zero-order valence-corrected chi connectivity index (χ0v) is 9.10. The molecule has 1 saturated carbocycles. The lowest BCUT2D eigenvalue weighted by Gasteiger charge is -2.30. The first-order chi connectivity index (χ1) is 5.91. The van der Waals surface area contributed by atoms with E-state index in [1.807, 2.05) is 0 Å². The van der Waals surface area contributed by atoms with Gasteiger partial charge in [-0.3, -0.25) is 0 Å². The molecule has 0 aromatic carbocycles. The van der Waals surface area contributed by atoms with Crippen LogP contribution < -0.4 is 0 Å². The lowest BCUT2D eigenvalue weighted by atomic mass is 9.92. The standard InChI is InChI=1S/C9H17NO2S/c1-8-5-4-6-9(7-8)10(2)13(3,11)12/h9H,1,4-7H2,2-3H3. The van der Waals surface area contributed by atoms with Crippen molar-refractivity contribution in [2.45, 2.75) is 31.7 Å². The topological polar surface area (TPSA) is 37.4 Å². The molecule has 76 valence electrons. The zero-order chi connectivity index (χ0) is 10.1. The van der Waals surface area contributed by atoms with Gasteiger partial charge >= 0.3 is 0 Å². The number of sulfonamides is 1. The number of hydrogen-bond donors (Lipinski definition) is 0. The molecule has 1 atom stereocenters. The van der Waals surface area contributed by atoms with Gasteiger partial charge in [0.2, 0.25) is 10.0 Å². The van der Waals surface area contributed by atoms with E-state index < -0.39 is 10.0 Å². The first kappa shape index (κ1) is 10.7. The molecule has 1 aliphatic rings. The van der Waals surface area contributed by atoms with Gasteiger partial charge in [0.1, 0.15) is 0 Å². The molecule has 0 aromatic heterocycles. The fourth-order valence-electron chi connectivity index (χ4n) is 1.71. The molecule has 0 aromatic rings. The van der Waals surface area contributed by atoms with Crippen LogP contribution in [-0.2, 0) is 10.0 Å². The van der Waals surface area contributed by atoms with Gasteiger partial charge in [-0.1, -0.05) is 12.2 Å². The van der Waals surface area contributed by atoms with E-state index in [1.54, 1.807) is 7.05 Å². The van der Waals surface area contributed by atoms with E-state index in [0.717, 1.165) is 25.7 Å². The van der Waals surface area contributed by atoms with E-state index in [1.165, 1.54) is 16.1 Å². The fourth-order valence-corrected chi connectivity index (χ4v) is 2.43. The quantitative estimate of drug-likeness (QED) is 0.636. The molecule has 1 rings (SSSR count). The van der Waals surface area contributed by atoms with Crippen LogP contribution >= 0.6 is 0 Å². The van der Waals surface area contributed by atoms with Crippen LogP contribution in [-0.4, -0.2) is 32.1 Å².